The molecule has 0 aliphatic carbocycles. The monoisotopic (exact) mass is 284 g/mol. The maximum atomic E-state index is 13.2. The van der Waals surface area contributed by atoms with Gasteiger partial charge in [0.1, 0.15) is 11.3 Å². The minimum Gasteiger partial charge on any atom is -0.441 e. The normalized spacial score (nSPS) is 11.0. The van der Waals surface area contributed by atoms with Crippen LogP contribution in [-0.2, 0) is 13.0 Å². The van der Waals surface area contributed by atoms with Gasteiger partial charge < -0.3 is 9.73 Å². The molecule has 3 rings (SSSR count). The third-order valence-electron chi connectivity index (χ3n) is 3.45. The molecular weight excluding hydrogens is 267 g/mol. The summed E-state index contributed by atoms with van der Waals surface area (Å²) in [5, 5.41) is 3.32. The predicted molar refractivity (Wildman–Crippen MR) is 81.9 cm³/mol. The lowest BCUT2D eigenvalue weighted by molar-refractivity contribution is 0.538. The van der Waals surface area contributed by atoms with E-state index < -0.39 is 0 Å². The van der Waals surface area contributed by atoms with Crippen molar-refractivity contribution < 1.29 is 8.81 Å². The molecule has 0 atom stereocenters. The summed E-state index contributed by atoms with van der Waals surface area (Å²) in [7, 11) is 0. The Morgan fingerprint density at radius 2 is 2.05 bits per heavy atom. The van der Waals surface area contributed by atoms with Crippen LogP contribution in [-0.4, -0.2) is 4.98 Å². The zero-order chi connectivity index (χ0) is 14.8. The molecule has 0 aliphatic heterocycles. The Kier molecular flexibility index (Phi) is 3.60. The first-order valence-electron chi connectivity index (χ1n) is 7.04. The largest absolute Gasteiger partial charge is 0.441 e. The summed E-state index contributed by atoms with van der Waals surface area (Å²) in [6, 6.07) is 11.0. The Morgan fingerprint density at radius 1 is 1.19 bits per heavy atom. The lowest BCUT2D eigenvalue weighted by Gasteiger charge is -2.07. The molecule has 4 heteroatoms. The number of rotatable bonds is 4. The topological polar surface area (TPSA) is 38.1 Å². The summed E-state index contributed by atoms with van der Waals surface area (Å²) in [6.45, 7) is 4.43. The van der Waals surface area contributed by atoms with Gasteiger partial charge in [0, 0.05) is 18.7 Å². The van der Waals surface area contributed by atoms with Gasteiger partial charge in [-0.25, -0.2) is 9.37 Å². The molecule has 0 spiro atoms. The Bertz CT molecular complexity index is 780. The average Bonchev–Trinajstić information content (AvgIpc) is 2.90. The third-order valence-corrected chi connectivity index (χ3v) is 3.45. The van der Waals surface area contributed by atoms with Gasteiger partial charge in [0.05, 0.1) is 0 Å². The van der Waals surface area contributed by atoms with Crippen molar-refractivity contribution >= 4 is 16.8 Å². The molecule has 0 saturated heterocycles. The van der Waals surface area contributed by atoms with E-state index in [1.54, 1.807) is 13.0 Å². The molecule has 1 aromatic heterocycles. The summed E-state index contributed by atoms with van der Waals surface area (Å²) >= 11 is 0. The summed E-state index contributed by atoms with van der Waals surface area (Å²) in [5.41, 5.74) is 4.33. The van der Waals surface area contributed by atoms with E-state index in [0.29, 0.717) is 12.1 Å². The lowest BCUT2D eigenvalue weighted by Crippen LogP contribution is -2.00. The molecule has 0 amide bonds. The Morgan fingerprint density at radius 3 is 2.81 bits per heavy atom. The fourth-order valence-corrected chi connectivity index (χ4v) is 2.26. The number of aromatic nitrogens is 1. The summed E-state index contributed by atoms with van der Waals surface area (Å²) < 4.78 is 18.8. The highest BCUT2D eigenvalue weighted by molar-refractivity contribution is 5.77. The first-order valence-corrected chi connectivity index (χ1v) is 7.04. The maximum Gasteiger partial charge on any atom is 0.195 e. The SMILES string of the molecule is CCc1nc2cc(NCc3ccc(F)c(C)c3)ccc2o1. The van der Waals surface area contributed by atoms with Crippen LogP contribution in [0.2, 0.25) is 0 Å². The number of hydrogen-bond acceptors (Lipinski definition) is 3. The fourth-order valence-electron chi connectivity index (χ4n) is 2.26. The maximum absolute atomic E-state index is 13.2. The van der Waals surface area contributed by atoms with E-state index in [9.17, 15) is 4.39 Å². The Hall–Kier alpha value is -2.36. The highest BCUT2D eigenvalue weighted by Gasteiger charge is 2.05. The molecule has 108 valence electrons. The van der Waals surface area contributed by atoms with Crippen LogP contribution in [0.25, 0.3) is 11.1 Å². The number of nitrogens with zero attached hydrogens (tertiary/aromatic N) is 1. The standard InChI is InChI=1S/C17H17FN2O/c1-3-17-20-15-9-13(5-7-16(15)21-17)19-10-12-4-6-14(18)11(2)8-12/h4-9,19H,3,10H2,1-2H3. The van der Waals surface area contributed by atoms with Crippen LogP contribution >= 0.6 is 0 Å². The number of hydrogen-bond donors (Lipinski definition) is 1. The summed E-state index contributed by atoms with van der Waals surface area (Å²) in [4.78, 5) is 4.42. The van der Waals surface area contributed by atoms with Gasteiger partial charge in [0.2, 0.25) is 0 Å². The van der Waals surface area contributed by atoms with Gasteiger partial charge in [0.25, 0.3) is 0 Å². The van der Waals surface area contributed by atoms with Crippen molar-refractivity contribution in [1.82, 2.24) is 4.98 Å². The highest BCUT2D eigenvalue weighted by Crippen LogP contribution is 2.21. The van der Waals surface area contributed by atoms with Crippen molar-refractivity contribution in [2.45, 2.75) is 26.8 Å². The zero-order valence-electron chi connectivity index (χ0n) is 12.1. The molecule has 0 saturated carbocycles. The van der Waals surface area contributed by atoms with Crippen LogP contribution in [0.15, 0.2) is 40.8 Å². The van der Waals surface area contributed by atoms with Crippen molar-refractivity contribution in [2.24, 2.45) is 0 Å². The molecular formula is C17H17FN2O. The van der Waals surface area contributed by atoms with E-state index in [1.165, 1.54) is 6.07 Å². The summed E-state index contributed by atoms with van der Waals surface area (Å²) in [6.07, 6.45) is 0.784. The number of anilines is 1. The van der Waals surface area contributed by atoms with Crippen LogP contribution in [0.1, 0.15) is 23.9 Å². The third kappa shape index (κ3) is 2.89. The minimum absolute atomic E-state index is 0.171. The number of benzene rings is 2. The number of halogens is 1. The van der Waals surface area contributed by atoms with E-state index in [0.717, 1.165) is 34.7 Å². The molecule has 3 aromatic rings. The van der Waals surface area contributed by atoms with E-state index in [2.05, 4.69) is 10.3 Å². The van der Waals surface area contributed by atoms with Crippen LogP contribution in [0.4, 0.5) is 10.1 Å². The molecule has 1 heterocycles. The molecule has 2 aromatic carbocycles. The molecule has 0 unspecified atom stereocenters. The van der Waals surface area contributed by atoms with Crippen molar-refractivity contribution in [2.75, 3.05) is 5.32 Å². The van der Waals surface area contributed by atoms with Crippen LogP contribution in [0, 0.1) is 12.7 Å². The smallest absolute Gasteiger partial charge is 0.195 e. The van der Waals surface area contributed by atoms with Crippen LogP contribution < -0.4 is 5.32 Å². The number of oxazole rings is 1. The minimum atomic E-state index is -0.171. The van der Waals surface area contributed by atoms with Crippen LogP contribution in [0.3, 0.4) is 0 Å². The van der Waals surface area contributed by atoms with Gasteiger partial charge in [-0.1, -0.05) is 19.1 Å². The number of fused-ring (bicyclic) bond motifs is 1. The molecule has 0 radical (unpaired) electrons. The Labute approximate surface area is 122 Å². The van der Waals surface area contributed by atoms with E-state index in [-0.39, 0.29) is 5.82 Å². The number of nitrogens with one attached hydrogen (secondary N) is 1. The second kappa shape index (κ2) is 5.56. The molecule has 3 nitrogen and oxygen atoms in total. The first kappa shape index (κ1) is 13.6. The van der Waals surface area contributed by atoms with Gasteiger partial charge in [-0.3, -0.25) is 0 Å². The fraction of sp³-hybridized carbons (Fsp3) is 0.235. The van der Waals surface area contributed by atoms with Crippen LogP contribution in [0.5, 0.6) is 0 Å². The van der Waals surface area contributed by atoms with Crippen molar-refractivity contribution in [3.05, 3.63) is 59.2 Å². The first-order chi connectivity index (χ1) is 10.2. The average molecular weight is 284 g/mol. The second-order valence-electron chi connectivity index (χ2n) is 5.08. The quantitative estimate of drug-likeness (QED) is 0.769. The molecule has 0 aliphatic rings. The lowest BCUT2D eigenvalue weighted by atomic mass is 10.1. The van der Waals surface area contributed by atoms with Crippen molar-refractivity contribution in [1.29, 1.82) is 0 Å². The molecule has 1 N–H and O–H groups in total. The van der Waals surface area contributed by atoms with Gasteiger partial charge in [-0.2, -0.15) is 0 Å². The molecule has 21 heavy (non-hydrogen) atoms. The molecule has 0 fully saturated rings. The van der Waals surface area contributed by atoms with E-state index in [1.807, 2.05) is 31.2 Å². The second-order valence-corrected chi connectivity index (χ2v) is 5.08. The zero-order valence-corrected chi connectivity index (χ0v) is 12.1. The van der Waals surface area contributed by atoms with E-state index in [4.69, 9.17) is 4.42 Å². The van der Waals surface area contributed by atoms with Gasteiger partial charge in [0.15, 0.2) is 11.5 Å². The van der Waals surface area contributed by atoms with Gasteiger partial charge in [-0.15, -0.1) is 0 Å². The number of aryl methyl sites for hydroxylation is 2. The summed E-state index contributed by atoms with van der Waals surface area (Å²) in [5.74, 6) is 0.575. The van der Waals surface area contributed by atoms with E-state index >= 15 is 0 Å². The van der Waals surface area contributed by atoms with Gasteiger partial charge >= 0.3 is 0 Å². The highest BCUT2D eigenvalue weighted by atomic mass is 19.1. The Balaban J connectivity index is 1.76. The predicted octanol–water partition coefficient (Wildman–Crippen LogP) is 4.45. The van der Waals surface area contributed by atoms with Crippen molar-refractivity contribution in [3.63, 3.8) is 0 Å². The molecule has 0 bridgehead atoms. The van der Waals surface area contributed by atoms with Gasteiger partial charge in [-0.05, 0) is 42.3 Å². The van der Waals surface area contributed by atoms with Crippen molar-refractivity contribution in [3.8, 4) is 0 Å².